The molecule has 4 heterocycles. The Morgan fingerprint density at radius 3 is 2.55 bits per heavy atom. The second-order valence-corrected chi connectivity index (χ2v) is 9.60. The Morgan fingerprint density at radius 2 is 1.81 bits per heavy atom. The molecule has 1 unspecified atom stereocenters. The first-order valence-corrected chi connectivity index (χ1v) is 12.1. The van der Waals surface area contributed by atoms with Crippen LogP contribution in [0.15, 0.2) is 36.5 Å². The largest absolute Gasteiger partial charge is 0.365 e. The van der Waals surface area contributed by atoms with E-state index in [0.29, 0.717) is 22.7 Å². The molecule has 2 aromatic rings. The highest BCUT2D eigenvalue weighted by Crippen LogP contribution is 2.37. The van der Waals surface area contributed by atoms with Crippen LogP contribution in [0.4, 0.5) is 11.5 Å². The molecule has 6 heteroatoms. The van der Waals surface area contributed by atoms with Gasteiger partial charge in [-0.05, 0) is 63.1 Å². The first kappa shape index (κ1) is 20.6. The van der Waals surface area contributed by atoms with Crippen LogP contribution in [0, 0.1) is 0 Å². The first-order valence-electron chi connectivity index (χ1n) is 11.7. The molecular formula is C25H31ClN4O. The van der Waals surface area contributed by atoms with E-state index in [1.165, 1.54) is 17.7 Å². The molecule has 0 aliphatic carbocycles. The summed E-state index contributed by atoms with van der Waals surface area (Å²) < 4.78 is 0. The van der Waals surface area contributed by atoms with E-state index in [9.17, 15) is 4.79 Å². The Kier molecular flexibility index (Phi) is 5.79. The van der Waals surface area contributed by atoms with Gasteiger partial charge in [0.1, 0.15) is 5.82 Å². The Bertz CT molecular complexity index is 950. The number of hydrogen-bond donors (Lipinski definition) is 0. The minimum atomic E-state index is 0.0565. The molecule has 2 saturated heterocycles. The summed E-state index contributed by atoms with van der Waals surface area (Å²) >= 11 is 6.61. The molecule has 31 heavy (non-hydrogen) atoms. The lowest BCUT2D eigenvalue weighted by molar-refractivity contribution is 0.0724. The lowest BCUT2D eigenvalue weighted by Gasteiger charge is -2.41. The normalized spacial score (nSPS) is 22.0. The number of halogens is 1. The summed E-state index contributed by atoms with van der Waals surface area (Å²) in [6, 6.07) is 11.7. The monoisotopic (exact) mass is 438 g/mol. The van der Waals surface area contributed by atoms with Gasteiger partial charge < -0.3 is 14.7 Å². The molecule has 0 N–H and O–H groups in total. The molecule has 2 fully saturated rings. The van der Waals surface area contributed by atoms with Crippen molar-refractivity contribution < 1.29 is 4.79 Å². The summed E-state index contributed by atoms with van der Waals surface area (Å²) in [5.41, 5.74) is 3.48. The molecule has 1 amide bonds. The van der Waals surface area contributed by atoms with Crippen LogP contribution in [-0.4, -0.2) is 54.1 Å². The molecule has 0 bridgehead atoms. The van der Waals surface area contributed by atoms with Gasteiger partial charge in [0.15, 0.2) is 0 Å². The topological polar surface area (TPSA) is 39.7 Å². The lowest BCUT2D eigenvalue weighted by Crippen LogP contribution is -2.47. The minimum Gasteiger partial charge on any atom is -0.365 e. The number of hydrogen-bond acceptors (Lipinski definition) is 4. The Labute approximate surface area is 190 Å². The summed E-state index contributed by atoms with van der Waals surface area (Å²) in [6.45, 7) is 5.88. The van der Waals surface area contributed by atoms with E-state index in [1.807, 2.05) is 11.0 Å². The summed E-state index contributed by atoms with van der Waals surface area (Å²) in [4.78, 5) is 24.2. The summed E-state index contributed by atoms with van der Waals surface area (Å²) in [6.07, 6.45) is 8.40. The Hall–Kier alpha value is -2.27. The van der Waals surface area contributed by atoms with Crippen LogP contribution in [0.1, 0.15) is 54.9 Å². The maximum atomic E-state index is 12.8. The molecule has 3 aliphatic rings. The van der Waals surface area contributed by atoms with Crippen LogP contribution in [-0.2, 0) is 6.42 Å². The van der Waals surface area contributed by atoms with Crippen LogP contribution < -0.4 is 9.80 Å². The maximum absolute atomic E-state index is 12.8. The highest BCUT2D eigenvalue weighted by molar-refractivity contribution is 6.33. The molecule has 5 rings (SSSR count). The van der Waals surface area contributed by atoms with Crippen LogP contribution in [0.2, 0.25) is 5.02 Å². The van der Waals surface area contributed by atoms with Crippen molar-refractivity contribution in [2.24, 2.45) is 0 Å². The zero-order valence-electron chi connectivity index (χ0n) is 18.3. The van der Waals surface area contributed by atoms with Gasteiger partial charge in [0, 0.05) is 50.1 Å². The fraction of sp³-hybridized carbons (Fsp3) is 0.520. The number of amides is 1. The molecule has 0 radical (unpaired) electrons. The third kappa shape index (κ3) is 4.00. The maximum Gasteiger partial charge on any atom is 0.255 e. The van der Waals surface area contributed by atoms with Gasteiger partial charge in [-0.15, -0.1) is 0 Å². The SMILES string of the molecule is CC1Cc2ccccc2N1C1CCN(c2ncc(C(=O)N3CCCCC3)cc2Cl)CC1. The number of rotatable bonds is 3. The van der Waals surface area contributed by atoms with E-state index in [2.05, 4.69) is 46.0 Å². The predicted octanol–water partition coefficient (Wildman–Crippen LogP) is 4.78. The number of carbonyl (C=O) groups excluding carboxylic acids is 1. The van der Waals surface area contributed by atoms with Crippen molar-refractivity contribution in [1.82, 2.24) is 9.88 Å². The van der Waals surface area contributed by atoms with Crippen molar-refractivity contribution >= 4 is 29.0 Å². The smallest absolute Gasteiger partial charge is 0.255 e. The van der Waals surface area contributed by atoms with Gasteiger partial charge >= 0.3 is 0 Å². The van der Waals surface area contributed by atoms with Crippen LogP contribution in [0.3, 0.4) is 0 Å². The van der Waals surface area contributed by atoms with E-state index in [4.69, 9.17) is 11.6 Å². The summed E-state index contributed by atoms with van der Waals surface area (Å²) in [5.74, 6) is 0.867. The fourth-order valence-corrected chi connectivity index (χ4v) is 5.85. The fourth-order valence-electron chi connectivity index (χ4n) is 5.56. The number of aromatic nitrogens is 1. The van der Waals surface area contributed by atoms with Gasteiger partial charge in [0.2, 0.25) is 0 Å². The minimum absolute atomic E-state index is 0.0565. The van der Waals surface area contributed by atoms with Crippen molar-refractivity contribution in [1.29, 1.82) is 0 Å². The third-order valence-corrected chi connectivity index (χ3v) is 7.41. The number of pyridine rings is 1. The van der Waals surface area contributed by atoms with Crippen molar-refractivity contribution in [2.75, 3.05) is 36.0 Å². The van der Waals surface area contributed by atoms with Crippen LogP contribution in [0.25, 0.3) is 0 Å². The third-order valence-electron chi connectivity index (χ3n) is 7.13. The van der Waals surface area contributed by atoms with Crippen molar-refractivity contribution in [3.63, 3.8) is 0 Å². The number of fused-ring (bicyclic) bond motifs is 1. The Morgan fingerprint density at radius 1 is 1.06 bits per heavy atom. The lowest BCUT2D eigenvalue weighted by atomic mass is 10.0. The zero-order chi connectivity index (χ0) is 21.4. The average Bonchev–Trinajstić information content (AvgIpc) is 3.15. The number of benzene rings is 1. The van der Waals surface area contributed by atoms with E-state index >= 15 is 0 Å². The van der Waals surface area contributed by atoms with E-state index in [1.54, 1.807) is 6.20 Å². The van der Waals surface area contributed by atoms with Crippen molar-refractivity contribution in [2.45, 2.75) is 57.5 Å². The molecule has 1 aromatic heterocycles. The molecular weight excluding hydrogens is 408 g/mol. The van der Waals surface area contributed by atoms with E-state index in [-0.39, 0.29) is 5.91 Å². The number of likely N-dealkylation sites (tertiary alicyclic amines) is 1. The van der Waals surface area contributed by atoms with Gasteiger partial charge in [-0.1, -0.05) is 29.8 Å². The molecule has 164 valence electrons. The van der Waals surface area contributed by atoms with Crippen molar-refractivity contribution in [3.8, 4) is 0 Å². The highest BCUT2D eigenvalue weighted by Gasteiger charge is 2.34. The number of para-hydroxylation sites is 1. The second-order valence-electron chi connectivity index (χ2n) is 9.19. The first-order chi connectivity index (χ1) is 15.1. The van der Waals surface area contributed by atoms with Gasteiger partial charge in [-0.2, -0.15) is 0 Å². The van der Waals surface area contributed by atoms with Crippen LogP contribution in [0.5, 0.6) is 0 Å². The number of nitrogens with zero attached hydrogens (tertiary/aromatic N) is 4. The van der Waals surface area contributed by atoms with Gasteiger partial charge in [-0.25, -0.2) is 4.98 Å². The van der Waals surface area contributed by atoms with Gasteiger partial charge in [-0.3, -0.25) is 4.79 Å². The molecule has 0 saturated carbocycles. The number of carbonyl (C=O) groups is 1. The second kappa shape index (κ2) is 8.70. The Balaban J connectivity index is 1.25. The number of anilines is 2. The zero-order valence-corrected chi connectivity index (χ0v) is 19.0. The van der Waals surface area contributed by atoms with E-state index in [0.717, 1.165) is 64.1 Å². The predicted molar refractivity (Wildman–Crippen MR) is 126 cm³/mol. The average molecular weight is 439 g/mol. The van der Waals surface area contributed by atoms with Crippen LogP contribution >= 0.6 is 11.6 Å². The standard InChI is InChI=1S/C25H31ClN4O/c1-18-15-19-7-3-4-8-23(19)30(18)21-9-13-28(14-10-21)24-22(26)16-20(17-27-24)25(31)29-11-5-2-6-12-29/h3-4,7-8,16-18,21H,2,5-6,9-15H2,1H3. The highest BCUT2D eigenvalue weighted by atomic mass is 35.5. The molecule has 3 aliphatic heterocycles. The molecule has 5 nitrogen and oxygen atoms in total. The van der Waals surface area contributed by atoms with Gasteiger partial charge in [0.25, 0.3) is 5.91 Å². The molecule has 0 spiro atoms. The molecule has 1 aromatic carbocycles. The number of piperidine rings is 2. The van der Waals surface area contributed by atoms with Gasteiger partial charge in [0.05, 0.1) is 10.6 Å². The summed E-state index contributed by atoms with van der Waals surface area (Å²) in [5, 5.41) is 0.584. The quantitative estimate of drug-likeness (QED) is 0.691. The van der Waals surface area contributed by atoms with E-state index < -0.39 is 0 Å². The molecule has 1 atom stereocenters. The summed E-state index contributed by atoms with van der Waals surface area (Å²) in [7, 11) is 0. The van der Waals surface area contributed by atoms with Crippen molar-refractivity contribution in [3.05, 3.63) is 52.7 Å².